The first-order valence-corrected chi connectivity index (χ1v) is 7.14. The van der Waals surface area contributed by atoms with Gasteiger partial charge in [0, 0.05) is 0 Å². The predicted molar refractivity (Wildman–Crippen MR) is 66.5 cm³/mol. The molecule has 1 unspecified atom stereocenters. The number of hydrogen-bond donors (Lipinski definition) is 2. The maximum Gasteiger partial charge on any atom is 0.335 e. The Bertz CT molecular complexity index is 546. The van der Waals surface area contributed by atoms with Crippen molar-refractivity contribution < 1.29 is 23.4 Å². The van der Waals surface area contributed by atoms with Gasteiger partial charge in [-0.15, -0.1) is 0 Å². The lowest BCUT2D eigenvalue weighted by atomic mass is 10.1. The van der Waals surface area contributed by atoms with Crippen LogP contribution in [-0.2, 0) is 9.84 Å². The molecular weight excluding hydrogens is 256 g/mol. The van der Waals surface area contributed by atoms with E-state index >= 15 is 0 Å². The van der Waals surface area contributed by atoms with E-state index in [0.717, 1.165) is 0 Å². The monoisotopic (exact) mass is 272 g/mol. The van der Waals surface area contributed by atoms with Gasteiger partial charge in [0.05, 0.1) is 22.3 Å². The maximum absolute atomic E-state index is 12.0. The Hall–Kier alpha value is -1.40. The van der Waals surface area contributed by atoms with Gasteiger partial charge in [0.15, 0.2) is 9.84 Å². The average molecular weight is 272 g/mol. The second kappa shape index (κ2) is 5.49. The fourth-order valence-electron chi connectivity index (χ4n) is 1.62. The Morgan fingerprint density at radius 1 is 1.39 bits per heavy atom. The van der Waals surface area contributed by atoms with Crippen LogP contribution in [0.3, 0.4) is 0 Å². The summed E-state index contributed by atoms with van der Waals surface area (Å²) in [5.74, 6) is -1.35. The zero-order valence-electron chi connectivity index (χ0n) is 10.3. The molecule has 0 aromatic heterocycles. The molecule has 0 aliphatic rings. The summed E-state index contributed by atoms with van der Waals surface area (Å²) in [5, 5.41) is 18.1. The fraction of sp³-hybridized carbons (Fsp3) is 0.417. The van der Waals surface area contributed by atoms with Crippen LogP contribution in [0.2, 0.25) is 0 Å². The molecule has 0 fully saturated rings. The third-order valence-corrected chi connectivity index (χ3v) is 4.54. The number of carboxylic acid groups (broad SMARTS) is 1. The molecule has 0 saturated carbocycles. The van der Waals surface area contributed by atoms with Crippen LogP contribution in [0.25, 0.3) is 0 Å². The van der Waals surface area contributed by atoms with E-state index in [9.17, 15) is 13.2 Å². The summed E-state index contributed by atoms with van der Waals surface area (Å²) in [5.41, 5.74) is 0.212. The molecular formula is C12H16O5S. The van der Waals surface area contributed by atoms with Crippen molar-refractivity contribution in [3.8, 4) is 0 Å². The highest BCUT2D eigenvalue weighted by Crippen LogP contribution is 2.21. The van der Waals surface area contributed by atoms with Gasteiger partial charge >= 0.3 is 5.97 Å². The summed E-state index contributed by atoms with van der Waals surface area (Å²) in [4.78, 5) is 10.9. The highest BCUT2D eigenvalue weighted by atomic mass is 32.2. The molecule has 1 rings (SSSR count). The van der Waals surface area contributed by atoms with E-state index in [0.29, 0.717) is 0 Å². The molecule has 1 aromatic carbocycles. The lowest BCUT2D eigenvalue weighted by Crippen LogP contribution is -2.15. The van der Waals surface area contributed by atoms with Crippen LogP contribution in [0.5, 0.6) is 0 Å². The first-order chi connectivity index (χ1) is 8.25. The van der Waals surface area contributed by atoms with Crippen LogP contribution in [-0.4, -0.2) is 36.5 Å². The van der Waals surface area contributed by atoms with Gasteiger partial charge in [-0.3, -0.25) is 0 Å². The molecule has 0 aliphatic carbocycles. The second-order valence-electron chi connectivity index (χ2n) is 4.19. The molecule has 0 spiro atoms. The number of sulfone groups is 1. The van der Waals surface area contributed by atoms with Crippen molar-refractivity contribution in [2.45, 2.75) is 31.3 Å². The topological polar surface area (TPSA) is 91.7 Å². The van der Waals surface area contributed by atoms with Gasteiger partial charge in [-0.05, 0) is 38.0 Å². The molecule has 5 nitrogen and oxygen atoms in total. The number of aliphatic hydroxyl groups is 1. The molecule has 1 atom stereocenters. The third-order valence-electron chi connectivity index (χ3n) is 2.65. The van der Waals surface area contributed by atoms with Crippen LogP contribution in [0.1, 0.15) is 29.3 Å². The van der Waals surface area contributed by atoms with Crippen LogP contribution < -0.4 is 0 Å². The molecule has 0 heterocycles. The molecule has 0 amide bonds. The minimum absolute atomic E-state index is 0.0167. The molecule has 0 bridgehead atoms. The highest BCUT2D eigenvalue weighted by Gasteiger charge is 2.21. The quantitative estimate of drug-likeness (QED) is 0.841. The lowest BCUT2D eigenvalue weighted by molar-refractivity contribution is 0.0695. The van der Waals surface area contributed by atoms with E-state index in [4.69, 9.17) is 10.2 Å². The van der Waals surface area contributed by atoms with Crippen LogP contribution in [0.15, 0.2) is 23.1 Å². The Labute approximate surface area is 106 Å². The summed E-state index contributed by atoms with van der Waals surface area (Å²) < 4.78 is 24.1. The van der Waals surface area contributed by atoms with Crippen LogP contribution >= 0.6 is 0 Å². The van der Waals surface area contributed by atoms with E-state index < -0.39 is 21.9 Å². The minimum atomic E-state index is -3.57. The number of carboxylic acids is 1. The number of rotatable bonds is 5. The molecule has 2 N–H and O–H groups in total. The average Bonchev–Trinajstić information content (AvgIpc) is 2.26. The number of hydrogen-bond acceptors (Lipinski definition) is 4. The van der Waals surface area contributed by atoms with E-state index in [-0.39, 0.29) is 28.2 Å². The van der Waals surface area contributed by atoms with Crippen molar-refractivity contribution in [2.75, 3.05) is 5.75 Å². The normalized spacial score (nSPS) is 13.3. The Morgan fingerprint density at radius 3 is 2.50 bits per heavy atom. The summed E-state index contributed by atoms with van der Waals surface area (Å²) >= 11 is 0. The highest BCUT2D eigenvalue weighted by molar-refractivity contribution is 7.91. The molecule has 0 aliphatic heterocycles. The van der Waals surface area contributed by atoms with Gasteiger partial charge in [0.1, 0.15) is 0 Å². The lowest BCUT2D eigenvalue weighted by Gasteiger charge is -2.10. The summed E-state index contributed by atoms with van der Waals surface area (Å²) in [6.07, 6.45) is -0.582. The van der Waals surface area contributed by atoms with Crippen molar-refractivity contribution >= 4 is 15.8 Å². The predicted octanol–water partition coefficient (Wildman–Crippen LogP) is 1.24. The smallest absolute Gasteiger partial charge is 0.335 e. The van der Waals surface area contributed by atoms with Crippen LogP contribution in [0, 0.1) is 6.92 Å². The standard InChI is InChI=1S/C12H16O5S/c1-8(13)6-7-18(16,17)11-5-3-4-10(9(11)2)12(14)15/h3-5,8,13H,6-7H2,1-2H3,(H,14,15). The molecule has 6 heteroatoms. The number of aliphatic hydroxyl groups excluding tert-OH is 1. The van der Waals surface area contributed by atoms with Crippen molar-refractivity contribution in [3.05, 3.63) is 29.3 Å². The fourth-order valence-corrected chi connectivity index (χ4v) is 3.35. The molecule has 0 radical (unpaired) electrons. The van der Waals surface area contributed by atoms with E-state index in [1.807, 2.05) is 0 Å². The molecule has 18 heavy (non-hydrogen) atoms. The zero-order chi connectivity index (χ0) is 13.9. The number of benzene rings is 1. The van der Waals surface area contributed by atoms with E-state index in [2.05, 4.69) is 0 Å². The minimum Gasteiger partial charge on any atom is -0.478 e. The van der Waals surface area contributed by atoms with Crippen molar-refractivity contribution in [1.29, 1.82) is 0 Å². The Morgan fingerprint density at radius 2 is 2.00 bits per heavy atom. The second-order valence-corrected chi connectivity index (χ2v) is 6.27. The summed E-state index contributed by atoms with van der Waals surface area (Å²) in [6.45, 7) is 2.98. The molecule has 1 aromatic rings. The van der Waals surface area contributed by atoms with Crippen LogP contribution in [0.4, 0.5) is 0 Å². The summed E-state index contributed by atoms with van der Waals surface area (Å²) in [6, 6.07) is 4.16. The maximum atomic E-state index is 12.0. The number of carbonyl (C=O) groups is 1. The SMILES string of the molecule is Cc1c(C(=O)O)cccc1S(=O)(=O)CCC(C)O. The third kappa shape index (κ3) is 3.30. The van der Waals surface area contributed by atoms with Crippen molar-refractivity contribution in [2.24, 2.45) is 0 Å². The van der Waals surface area contributed by atoms with Gasteiger partial charge in [0.25, 0.3) is 0 Å². The van der Waals surface area contributed by atoms with Gasteiger partial charge in [-0.1, -0.05) is 6.07 Å². The Balaban J connectivity index is 3.17. The zero-order valence-corrected chi connectivity index (χ0v) is 11.1. The van der Waals surface area contributed by atoms with E-state index in [1.165, 1.54) is 32.0 Å². The Kier molecular flexibility index (Phi) is 4.48. The van der Waals surface area contributed by atoms with Gasteiger partial charge in [0.2, 0.25) is 0 Å². The van der Waals surface area contributed by atoms with Crippen molar-refractivity contribution in [1.82, 2.24) is 0 Å². The van der Waals surface area contributed by atoms with Gasteiger partial charge < -0.3 is 10.2 Å². The largest absolute Gasteiger partial charge is 0.478 e. The van der Waals surface area contributed by atoms with Crippen molar-refractivity contribution in [3.63, 3.8) is 0 Å². The van der Waals surface area contributed by atoms with Gasteiger partial charge in [-0.25, -0.2) is 13.2 Å². The van der Waals surface area contributed by atoms with Gasteiger partial charge in [-0.2, -0.15) is 0 Å². The first kappa shape index (κ1) is 14.7. The molecule has 100 valence electrons. The number of aromatic carboxylic acids is 1. The first-order valence-electron chi connectivity index (χ1n) is 5.49. The molecule has 0 saturated heterocycles. The summed E-state index contributed by atoms with van der Waals surface area (Å²) in [7, 11) is -3.57. The van der Waals surface area contributed by atoms with E-state index in [1.54, 1.807) is 0 Å².